The number of aromatic nitrogens is 2. The summed E-state index contributed by atoms with van der Waals surface area (Å²) in [5.74, 6) is 1.89. The van der Waals surface area contributed by atoms with Crippen molar-refractivity contribution >= 4 is 0 Å². The SMILES string of the molecule is CCC(CC)c1nnc(C(CC)NC)o1. The van der Waals surface area contributed by atoms with Gasteiger partial charge < -0.3 is 9.73 Å². The van der Waals surface area contributed by atoms with E-state index in [-0.39, 0.29) is 6.04 Å². The lowest BCUT2D eigenvalue weighted by atomic mass is 10.0. The van der Waals surface area contributed by atoms with Crippen molar-refractivity contribution in [2.45, 2.75) is 52.0 Å². The van der Waals surface area contributed by atoms with Gasteiger partial charge in [-0.15, -0.1) is 10.2 Å². The molecule has 0 aliphatic rings. The summed E-state index contributed by atoms with van der Waals surface area (Å²) in [6.07, 6.45) is 3.06. The molecule has 15 heavy (non-hydrogen) atoms. The lowest BCUT2D eigenvalue weighted by Gasteiger charge is -2.08. The molecule has 1 unspecified atom stereocenters. The molecule has 0 fully saturated rings. The van der Waals surface area contributed by atoms with Gasteiger partial charge in [0.25, 0.3) is 0 Å². The van der Waals surface area contributed by atoms with Crippen LogP contribution < -0.4 is 5.32 Å². The van der Waals surface area contributed by atoms with Crippen molar-refractivity contribution < 1.29 is 4.42 Å². The van der Waals surface area contributed by atoms with Crippen LogP contribution in [0, 0.1) is 0 Å². The Balaban J connectivity index is 2.78. The zero-order chi connectivity index (χ0) is 11.3. The molecule has 86 valence electrons. The fourth-order valence-electron chi connectivity index (χ4n) is 1.69. The number of hydrogen-bond acceptors (Lipinski definition) is 4. The van der Waals surface area contributed by atoms with Crippen molar-refractivity contribution in [3.05, 3.63) is 11.8 Å². The normalized spacial score (nSPS) is 13.4. The molecule has 1 atom stereocenters. The smallest absolute Gasteiger partial charge is 0.233 e. The molecular weight excluding hydrogens is 190 g/mol. The summed E-state index contributed by atoms with van der Waals surface area (Å²) >= 11 is 0. The van der Waals surface area contributed by atoms with Crippen molar-refractivity contribution in [1.82, 2.24) is 15.5 Å². The highest BCUT2D eigenvalue weighted by Gasteiger charge is 2.18. The zero-order valence-corrected chi connectivity index (χ0v) is 10.1. The Morgan fingerprint density at radius 1 is 1.07 bits per heavy atom. The summed E-state index contributed by atoms with van der Waals surface area (Å²) in [5.41, 5.74) is 0. The minimum Gasteiger partial charge on any atom is -0.423 e. The first-order valence-electron chi connectivity index (χ1n) is 5.77. The van der Waals surface area contributed by atoms with Crippen molar-refractivity contribution in [2.75, 3.05) is 7.05 Å². The van der Waals surface area contributed by atoms with E-state index in [4.69, 9.17) is 4.42 Å². The highest BCUT2D eigenvalue weighted by molar-refractivity contribution is 4.94. The number of nitrogens with zero attached hydrogens (tertiary/aromatic N) is 2. The third-order valence-corrected chi connectivity index (χ3v) is 2.85. The van der Waals surface area contributed by atoms with E-state index < -0.39 is 0 Å². The van der Waals surface area contributed by atoms with Gasteiger partial charge in [0.2, 0.25) is 11.8 Å². The first-order chi connectivity index (χ1) is 7.26. The van der Waals surface area contributed by atoms with Gasteiger partial charge in [-0.3, -0.25) is 0 Å². The van der Waals surface area contributed by atoms with Gasteiger partial charge in [-0.25, -0.2) is 0 Å². The molecule has 1 aromatic heterocycles. The maximum absolute atomic E-state index is 5.69. The summed E-state index contributed by atoms with van der Waals surface area (Å²) in [6.45, 7) is 6.39. The molecule has 1 N–H and O–H groups in total. The van der Waals surface area contributed by atoms with Crippen LogP contribution in [0.1, 0.15) is 63.8 Å². The quantitative estimate of drug-likeness (QED) is 0.786. The minimum absolute atomic E-state index is 0.181. The van der Waals surface area contributed by atoms with E-state index in [0.29, 0.717) is 11.8 Å². The van der Waals surface area contributed by atoms with E-state index >= 15 is 0 Å². The van der Waals surface area contributed by atoms with Crippen LogP contribution >= 0.6 is 0 Å². The summed E-state index contributed by atoms with van der Waals surface area (Å²) in [4.78, 5) is 0. The van der Waals surface area contributed by atoms with Crippen LogP contribution in [0.4, 0.5) is 0 Å². The maximum atomic E-state index is 5.69. The third kappa shape index (κ3) is 2.78. The van der Waals surface area contributed by atoms with Gasteiger partial charge in [0.05, 0.1) is 6.04 Å². The molecule has 4 heteroatoms. The van der Waals surface area contributed by atoms with Gasteiger partial charge in [-0.1, -0.05) is 20.8 Å². The van der Waals surface area contributed by atoms with Gasteiger partial charge in [0.15, 0.2) is 0 Å². The summed E-state index contributed by atoms with van der Waals surface area (Å²) in [5, 5.41) is 11.4. The molecule has 0 saturated heterocycles. The topological polar surface area (TPSA) is 51.0 Å². The van der Waals surface area contributed by atoms with Crippen molar-refractivity contribution in [3.63, 3.8) is 0 Å². The molecule has 1 aromatic rings. The maximum Gasteiger partial charge on any atom is 0.233 e. The van der Waals surface area contributed by atoms with Crippen LogP contribution in [0.15, 0.2) is 4.42 Å². The van der Waals surface area contributed by atoms with Crippen LogP contribution in [-0.2, 0) is 0 Å². The largest absolute Gasteiger partial charge is 0.423 e. The van der Waals surface area contributed by atoms with Crippen molar-refractivity contribution in [1.29, 1.82) is 0 Å². The Bertz CT molecular complexity index is 251. The van der Waals surface area contributed by atoms with E-state index in [9.17, 15) is 0 Å². The monoisotopic (exact) mass is 211 g/mol. The zero-order valence-electron chi connectivity index (χ0n) is 10.1. The predicted molar refractivity (Wildman–Crippen MR) is 59.7 cm³/mol. The first-order valence-corrected chi connectivity index (χ1v) is 5.77. The van der Waals surface area contributed by atoms with Crippen molar-refractivity contribution in [3.8, 4) is 0 Å². The molecule has 1 rings (SSSR count). The lowest BCUT2D eigenvalue weighted by Crippen LogP contribution is -2.15. The van der Waals surface area contributed by atoms with Gasteiger partial charge in [0, 0.05) is 5.92 Å². The van der Waals surface area contributed by atoms with Gasteiger partial charge in [-0.2, -0.15) is 0 Å². The molecule has 4 nitrogen and oxygen atoms in total. The highest BCUT2D eigenvalue weighted by Crippen LogP contribution is 2.23. The predicted octanol–water partition coefficient (Wildman–Crippen LogP) is 2.64. The molecule has 0 saturated carbocycles. The van der Waals surface area contributed by atoms with E-state index in [0.717, 1.165) is 25.2 Å². The molecule has 0 bridgehead atoms. The Kier molecular flexibility index (Phi) is 4.75. The van der Waals surface area contributed by atoms with Gasteiger partial charge in [0.1, 0.15) is 0 Å². The molecule has 0 aliphatic heterocycles. The fraction of sp³-hybridized carbons (Fsp3) is 0.818. The summed E-state index contributed by atoms with van der Waals surface area (Å²) in [6, 6.07) is 0.181. The molecule has 1 heterocycles. The van der Waals surface area contributed by atoms with Gasteiger partial charge in [-0.05, 0) is 26.3 Å². The van der Waals surface area contributed by atoms with E-state index in [1.54, 1.807) is 0 Å². The Labute approximate surface area is 91.5 Å². The molecule has 0 aromatic carbocycles. The van der Waals surface area contributed by atoms with E-state index in [1.165, 1.54) is 0 Å². The van der Waals surface area contributed by atoms with E-state index in [2.05, 4.69) is 36.3 Å². The minimum atomic E-state index is 0.181. The van der Waals surface area contributed by atoms with Crippen LogP contribution in [0.2, 0.25) is 0 Å². The second kappa shape index (κ2) is 5.85. The molecule has 0 aliphatic carbocycles. The van der Waals surface area contributed by atoms with Crippen LogP contribution in [0.25, 0.3) is 0 Å². The highest BCUT2D eigenvalue weighted by atomic mass is 16.4. The van der Waals surface area contributed by atoms with Crippen molar-refractivity contribution in [2.24, 2.45) is 0 Å². The van der Waals surface area contributed by atoms with Crippen LogP contribution in [0.5, 0.6) is 0 Å². The molecule has 0 radical (unpaired) electrons. The number of rotatable bonds is 6. The average molecular weight is 211 g/mol. The Morgan fingerprint density at radius 3 is 2.13 bits per heavy atom. The standard InChI is InChI=1S/C11H21N3O/c1-5-8(6-2)10-13-14-11(15-10)9(7-3)12-4/h8-9,12H,5-7H2,1-4H3. The van der Waals surface area contributed by atoms with E-state index in [1.807, 2.05) is 7.05 Å². The lowest BCUT2D eigenvalue weighted by molar-refractivity contribution is 0.362. The number of nitrogens with one attached hydrogen (secondary N) is 1. The molecular formula is C11H21N3O. The van der Waals surface area contributed by atoms with Crippen LogP contribution in [0.3, 0.4) is 0 Å². The molecule has 0 spiro atoms. The summed E-state index contributed by atoms with van der Waals surface area (Å²) < 4.78 is 5.69. The third-order valence-electron chi connectivity index (χ3n) is 2.85. The van der Waals surface area contributed by atoms with Gasteiger partial charge >= 0.3 is 0 Å². The summed E-state index contributed by atoms with van der Waals surface area (Å²) in [7, 11) is 1.91. The second-order valence-electron chi connectivity index (χ2n) is 3.74. The Morgan fingerprint density at radius 2 is 1.67 bits per heavy atom. The number of hydrogen-bond donors (Lipinski definition) is 1. The first kappa shape index (κ1) is 12.2. The Hall–Kier alpha value is -0.900. The fourth-order valence-corrected chi connectivity index (χ4v) is 1.69. The average Bonchev–Trinajstić information content (AvgIpc) is 2.71. The second-order valence-corrected chi connectivity index (χ2v) is 3.74. The van der Waals surface area contributed by atoms with Crippen LogP contribution in [-0.4, -0.2) is 17.2 Å². The molecule has 0 amide bonds.